The van der Waals surface area contributed by atoms with Gasteiger partial charge in [-0.15, -0.1) is 0 Å². The van der Waals surface area contributed by atoms with Gasteiger partial charge in [-0.1, -0.05) is 6.92 Å². The lowest BCUT2D eigenvalue weighted by Gasteiger charge is -2.15. The maximum absolute atomic E-state index is 11.3. The van der Waals surface area contributed by atoms with Crippen LogP contribution >= 0.6 is 0 Å². The van der Waals surface area contributed by atoms with E-state index in [1.807, 2.05) is 0 Å². The van der Waals surface area contributed by atoms with Gasteiger partial charge in [-0.3, -0.25) is 9.59 Å². The summed E-state index contributed by atoms with van der Waals surface area (Å²) in [4.78, 5) is 21.8. The summed E-state index contributed by atoms with van der Waals surface area (Å²) in [5.41, 5.74) is 5.56. The molecule has 0 aliphatic carbocycles. The number of carbonyl (C=O) groups excluding carboxylic acids is 2. The Kier molecular flexibility index (Phi) is 5.87. The van der Waals surface area contributed by atoms with E-state index in [1.54, 1.807) is 13.8 Å². The van der Waals surface area contributed by atoms with Gasteiger partial charge in [0.15, 0.2) is 0 Å². The third-order valence-electron chi connectivity index (χ3n) is 2.00. The Morgan fingerprint density at radius 3 is 2.14 bits per heavy atom. The topological polar surface area (TPSA) is 84.2 Å². The van der Waals surface area contributed by atoms with Gasteiger partial charge in [0.1, 0.15) is 0 Å². The highest BCUT2D eigenvalue weighted by atomic mass is 16.2. The van der Waals surface area contributed by atoms with Gasteiger partial charge in [-0.2, -0.15) is 0 Å². The smallest absolute Gasteiger partial charge is 0.224 e. The van der Waals surface area contributed by atoms with Crippen LogP contribution in [0, 0.1) is 5.92 Å². The van der Waals surface area contributed by atoms with Crippen molar-refractivity contribution in [1.82, 2.24) is 10.6 Å². The zero-order chi connectivity index (χ0) is 11.1. The summed E-state index contributed by atoms with van der Waals surface area (Å²) in [5.74, 6) is -0.378. The molecule has 0 spiro atoms. The Labute approximate surface area is 84.4 Å². The molecule has 5 nitrogen and oxygen atoms in total. The van der Waals surface area contributed by atoms with Crippen molar-refractivity contribution in [3.63, 3.8) is 0 Å². The standard InChI is InChI=1S/C9H19N3O2/c1-6(7(2)10)9(14)12-5-4-11-8(3)13/h6-7H,4-5,10H2,1-3H3,(H,11,13)(H,12,14). The summed E-state index contributed by atoms with van der Waals surface area (Å²) >= 11 is 0. The highest BCUT2D eigenvalue weighted by Crippen LogP contribution is 1.98. The van der Waals surface area contributed by atoms with Crippen molar-refractivity contribution in [2.45, 2.75) is 26.8 Å². The van der Waals surface area contributed by atoms with Crippen LogP contribution in [0.1, 0.15) is 20.8 Å². The van der Waals surface area contributed by atoms with Crippen LogP contribution < -0.4 is 16.4 Å². The molecule has 0 heterocycles. The Bertz CT molecular complexity index is 204. The van der Waals surface area contributed by atoms with Crippen molar-refractivity contribution in [2.75, 3.05) is 13.1 Å². The largest absolute Gasteiger partial charge is 0.355 e. The van der Waals surface area contributed by atoms with E-state index in [4.69, 9.17) is 5.73 Å². The number of rotatable bonds is 5. The van der Waals surface area contributed by atoms with E-state index in [0.717, 1.165) is 0 Å². The monoisotopic (exact) mass is 201 g/mol. The summed E-state index contributed by atoms with van der Waals surface area (Å²) in [7, 11) is 0. The number of carbonyl (C=O) groups is 2. The molecule has 0 bridgehead atoms. The molecule has 14 heavy (non-hydrogen) atoms. The third-order valence-corrected chi connectivity index (χ3v) is 2.00. The molecule has 0 aliphatic rings. The maximum Gasteiger partial charge on any atom is 0.224 e. The zero-order valence-electron chi connectivity index (χ0n) is 8.96. The zero-order valence-corrected chi connectivity index (χ0v) is 8.96. The molecule has 2 amide bonds. The predicted octanol–water partition coefficient (Wildman–Crippen LogP) is -0.778. The minimum absolute atomic E-state index is 0.0784. The number of amides is 2. The van der Waals surface area contributed by atoms with Crippen molar-refractivity contribution in [3.8, 4) is 0 Å². The summed E-state index contributed by atoms with van der Waals surface area (Å²) in [6.07, 6.45) is 0. The molecule has 0 fully saturated rings. The van der Waals surface area contributed by atoms with Crippen LogP contribution in [0.15, 0.2) is 0 Å². The molecule has 4 N–H and O–H groups in total. The molecular weight excluding hydrogens is 182 g/mol. The Morgan fingerprint density at radius 1 is 1.21 bits per heavy atom. The Morgan fingerprint density at radius 2 is 1.71 bits per heavy atom. The Hall–Kier alpha value is -1.10. The molecule has 5 heteroatoms. The molecular formula is C9H19N3O2. The second kappa shape index (κ2) is 6.37. The highest BCUT2D eigenvalue weighted by Gasteiger charge is 2.15. The second-order valence-corrected chi connectivity index (χ2v) is 3.42. The third kappa shape index (κ3) is 5.53. The van der Waals surface area contributed by atoms with Gasteiger partial charge in [0.05, 0.1) is 0 Å². The first kappa shape index (κ1) is 12.9. The van der Waals surface area contributed by atoms with Gasteiger partial charge < -0.3 is 16.4 Å². The van der Waals surface area contributed by atoms with E-state index in [-0.39, 0.29) is 23.8 Å². The van der Waals surface area contributed by atoms with Crippen LogP contribution in [0.4, 0.5) is 0 Å². The summed E-state index contributed by atoms with van der Waals surface area (Å²) in [6, 6.07) is -0.157. The number of hydrogen-bond acceptors (Lipinski definition) is 3. The number of nitrogens with one attached hydrogen (secondary N) is 2. The van der Waals surface area contributed by atoms with Crippen LogP contribution in [0.3, 0.4) is 0 Å². The van der Waals surface area contributed by atoms with Crippen molar-refractivity contribution in [1.29, 1.82) is 0 Å². The molecule has 0 aromatic carbocycles. The fourth-order valence-corrected chi connectivity index (χ4v) is 0.824. The first-order chi connectivity index (χ1) is 6.45. The van der Waals surface area contributed by atoms with Gasteiger partial charge in [-0.05, 0) is 6.92 Å². The molecule has 0 saturated carbocycles. The van der Waals surface area contributed by atoms with E-state index in [2.05, 4.69) is 10.6 Å². The second-order valence-electron chi connectivity index (χ2n) is 3.42. The molecule has 2 atom stereocenters. The maximum atomic E-state index is 11.3. The van der Waals surface area contributed by atoms with E-state index >= 15 is 0 Å². The number of hydrogen-bond donors (Lipinski definition) is 3. The predicted molar refractivity (Wildman–Crippen MR) is 54.5 cm³/mol. The molecule has 0 aliphatic heterocycles. The lowest BCUT2D eigenvalue weighted by atomic mass is 10.0. The van der Waals surface area contributed by atoms with Crippen LogP contribution in [0.2, 0.25) is 0 Å². The van der Waals surface area contributed by atoms with Crippen LogP contribution in [0.25, 0.3) is 0 Å². The van der Waals surface area contributed by atoms with E-state index < -0.39 is 0 Å². The minimum Gasteiger partial charge on any atom is -0.355 e. The summed E-state index contributed by atoms with van der Waals surface area (Å²) in [5, 5.41) is 5.27. The molecule has 0 aromatic heterocycles. The SMILES string of the molecule is CC(=O)NCCNC(=O)C(C)C(C)N. The van der Waals surface area contributed by atoms with E-state index in [0.29, 0.717) is 13.1 Å². The van der Waals surface area contributed by atoms with Gasteiger partial charge in [0.2, 0.25) is 11.8 Å². The fourth-order valence-electron chi connectivity index (χ4n) is 0.824. The quantitative estimate of drug-likeness (QED) is 0.510. The average molecular weight is 201 g/mol. The molecule has 0 rings (SSSR count). The molecule has 82 valence electrons. The Balaban J connectivity index is 3.59. The van der Waals surface area contributed by atoms with Crippen LogP contribution in [-0.2, 0) is 9.59 Å². The van der Waals surface area contributed by atoms with Crippen molar-refractivity contribution >= 4 is 11.8 Å². The first-order valence-electron chi connectivity index (χ1n) is 4.73. The average Bonchev–Trinajstić information content (AvgIpc) is 2.10. The first-order valence-corrected chi connectivity index (χ1v) is 4.73. The van der Waals surface area contributed by atoms with Gasteiger partial charge in [0, 0.05) is 32.0 Å². The lowest BCUT2D eigenvalue weighted by Crippen LogP contribution is -2.41. The molecule has 0 radical (unpaired) electrons. The van der Waals surface area contributed by atoms with Crippen molar-refractivity contribution in [2.24, 2.45) is 11.7 Å². The van der Waals surface area contributed by atoms with Crippen LogP contribution in [-0.4, -0.2) is 30.9 Å². The van der Waals surface area contributed by atoms with Crippen molar-refractivity contribution in [3.05, 3.63) is 0 Å². The normalized spacial score (nSPS) is 14.3. The lowest BCUT2D eigenvalue weighted by molar-refractivity contribution is -0.125. The molecule has 0 saturated heterocycles. The fraction of sp³-hybridized carbons (Fsp3) is 0.778. The molecule has 0 aromatic rings. The van der Waals surface area contributed by atoms with Crippen molar-refractivity contribution < 1.29 is 9.59 Å². The summed E-state index contributed by atoms with van der Waals surface area (Å²) < 4.78 is 0. The van der Waals surface area contributed by atoms with Gasteiger partial charge in [0.25, 0.3) is 0 Å². The van der Waals surface area contributed by atoms with E-state index in [1.165, 1.54) is 6.92 Å². The highest BCUT2D eigenvalue weighted by molar-refractivity contribution is 5.79. The number of nitrogens with two attached hydrogens (primary N) is 1. The van der Waals surface area contributed by atoms with E-state index in [9.17, 15) is 9.59 Å². The molecule has 2 unspecified atom stereocenters. The van der Waals surface area contributed by atoms with Gasteiger partial charge in [-0.25, -0.2) is 0 Å². The minimum atomic E-state index is -0.202. The van der Waals surface area contributed by atoms with Crippen LogP contribution in [0.5, 0.6) is 0 Å². The van der Waals surface area contributed by atoms with Gasteiger partial charge >= 0.3 is 0 Å². The summed E-state index contributed by atoms with van der Waals surface area (Å²) in [6.45, 7) is 5.89.